The molecule has 1 saturated heterocycles. The number of ether oxygens (including phenoxy) is 1. The summed E-state index contributed by atoms with van der Waals surface area (Å²) in [6.07, 6.45) is 3.43. The van der Waals surface area contributed by atoms with Gasteiger partial charge in [-0.15, -0.1) is 0 Å². The molecule has 2 atom stereocenters. The van der Waals surface area contributed by atoms with Crippen LogP contribution in [0.4, 0.5) is 14.5 Å². The zero-order valence-electron chi connectivity index (χ0n) is 20.2. The Balaban J connectivity index is 1.75. The summed E-state index contributed by atoms with van der Waals surface area (Å²) in [4.78, 5) is 16.7. The normalized spacial score (nSPS) is 20.4. The van der Waals surface area contributed by atoms with E-state index in [2.05, 4.69) is 20.9 Å². The number of aliphatic hydroxyl groups is 1. The van der Waals surface area contributed by atoms with Crippen molar-refractivity contribution in [2.75, 3.05) is 32.1 Å². The summed E-state index contributed by atoms with van der Waals surface area (Å²) in [6, 6.07) is 11.2. The number of pyridine rings is 1. The van der Waals surface area contributed by atoms with Gasteiger partial charge >= 0.3 is 0 Å². The minimum absolute atomic E-state index is 0.0288. The molecule has 1 unspecified atom stereocenters. The van der Waals surface area contributed by atoms with Crippen molar-refractivity contribution >= 4 is 23.2 Å². The Hall–Kier alpha value is -3.27. The summed E-state index contributed by atoms with van der Waals surface area (Å²) in [6.45, 7) is 0.288. The van der Waals surface area contributed by atoms with Crippen LogP contribution < -0.4 is 20.7 Å². The van der Waals surface area contributed by atoms with Gasteiger partial charge in [0, 0.05) is 42.5 Å². The Morgan fingerprint density at radius 3 is 2.76 bits per heavy atom. The van der Waals surface area contributed by atoms with Gasteiger partial charge < -0.3 is 25.8 Å². The Kier molecular flexibility index (Phi) is 7.02. The number of hydrogen-bond acceptors (Lipinski definition) is 6. The summed E-state index contributed by atoms with van der Waals surface area (Å²) in [5, 5.41) is 18.4. The van der Waals surface area contributed by atoms with E-state index in [1.807, 2.05) is 30.3 Å². The topological polar surface area (TPSA) is 95.5 Å². The van der Waals surface area contributed by atoms with Crippen LogP contribution >= 0.6 is 11.6 Å². The van der Waals surface area contributed by atoms with E-state index >= 15 is 8.78 Å². The fourth-order valence-corrected chi connectivity index (χ4v) is 5.74. The van der Waals surface area contributed by atoms with Crippen LogP contribution in [0.25, 0.3) is 11.1 Å². The first-order valence-electron chi connectivity index (χ1n) is 12.1. The lowest BCUT2D eigenvalue weighted by atomic mass is 9.78. The van der Waals surface area contributed by atoms with Crippen molar-refractivity contribution in [1.82, 2.24) is 15.6 Å². The summed E-state index contributed by atoms with van der Waals surface area (Å²) in [5.74, 6) is -2.73. The van der Waals surface area contributed by atoms with E-state index in [-0.39, 0.29) is 41.0 Å². The predicted molar refractivity (Wildman–Crippen MR) is 137 cm³/mol. The average molecular weight is 529 g/mol. The number of aromatic nitrogens is 1. The molecule has 10 heteroatoms. The van der Waals surface area contributed by atoms with Gasteiger partial charge in [-0.05, 0) is 36.6 Å². The average Bonchev–Trinajstić information content (AvgIpc) is 3.58. The second-order valence-corrected chi connectivity index (χ2v) is 9.56. The number of carbonyl (C=O) groups excluding carboxylic acids is 1. The molecule has 4 N–H and O–H groups in total. The first kappa shape index (κ1) is 25.4. The Morgan fingerprint density at radius 2 is 2.08 bits per heavy atom. The Morgan fingerprint density at radius 1 is 1.30 bits per heavy atom. The fourth-order valence-electron chi connectivity index (χ4n) is 5.47. The van der Waals surface area contributed by atoms with Crippen LogP contribution in [-0.4, -0.2) is 48.8 Å². The van der Waals surface area contributed by atoms with E-state index in [0.717, 1.165) is 24.9 Å². The molecule has 3 aromatic rings. The molecule has 0 aliphatic carbocycles. The van der Waals surface area contributed by atoms with Gasteiger partial charge in [0.1, 0.15) is 12.4 Å². The first-order chi connectivity index (χ1) is 17.9. The molecule has 1 amide bonds. The van der Waals surface area contributed by atoms with Gasteiger partial charge in [-0.2, -0.15) is 0 Å². The third-order valence-corrected chi connectivity index (χ3v) is 7.49. The van der Waals surface area contributed by atoms with Crippen LogP contribution in [0.2, 0.25) is 5.02 Å². The molecule has 5 rings (SSSR count). The largest absolute Gasteiger partial charge is 0.473 e. The molecule has 1 fully saturated rings. The minimum atomic E-state index is -0.958. The van der Waals surface area contributed by atoms with Crippen LogP contribution in [0.15, 0.2) is 42.6 Å². The third kappa shape index (κ3) is 4.31. The molecule has 0 bridgehead atoms. The molecule has 3 heterocycles. The van der Waals surface area contributed by atoms with E-state index in [4.69, 9.17) is 21.4 Å². The quantitative estimate of drug-likeness (QED) is 0.370. The standard InChI is InChI=1S/C27H27ClF2N4O3/c1-31-25(36)17-14-33-26(37-11-10-35)24(30)22(17)21-16-13-27(20-8-5-9-32-20,15-6-3-2-4-7-15)34-19(16)12-18(29)23(21)28/h2-4,6-7,12,14,20,32,34-35H,5,8-11,13H2,1H3,(H,31,36)/t20-,27?/m0/s1. The maximum Gasteiger partial charge on any atom is 0.253 e. The van der Waals surface area contributed by atoms with Gasteiger partial charge in [0.15, 0.2) is 5.82 Å². The molecule has 194 valence electrons. The number of aliphatic hydroxyl groups excluding tert-OH is 1. The maximum absolute atomic E-state index is 16.0. The zero-order valence-corrected chi connectivity index (χ0v) is 21.0. The van der Waals surface area contributed by atoms with Crippen molar-refractivity contribution in [3.8, 4) is 17.0 Å². The van der Waals surface area contributed by atoms with Crippen LogP contribution in [0, 0.1) is 11.6 Å². The van der Waals surface area contributed by atoms with Crippen molar-refractivity contribution in [2.24, 2.45) is 0 Å². The number of benzene rings is 2. The molecule has 2 aliphatic rings. The Bertz CT molecular complexity index is 1340. The number of carbonyl (C=O) groups is 1. The van der Waals surface area contributed by atoms with Crippen molar-refractivity contribution < 1.29 is 23.4 Å². The molecular formula is C27H27ClF2N4O3. The monoisotopic (exact) mass is 528 g/mol. The first-order valence-corrected chi connectivity index (χ1v) is 12.5. The van der Waals surface area contributed by atoms with Gasteiger partial charge in [0.2, 0.25) is 0 Å². The van der Waals surface area contributed by atoms with Crippen LogP contribution in [-0.2, 0) is 12.0 Å². The SMILES string of the molecule is CNC(=O)c1cnc(OCCO)c(F)c1-c1c(Cl)c(F)cc2c1CC(c1ccccc1)([C@@H]1CCCN1)N2. The number of fused-ring (bicyclic) bond motifs is 1. The Labute approximate surface area is 218 Å². The van der Waals surface area contributed by atoms with Crippen LogP contribution in [0.5, 0.6) is 5.88 Å². The zero-order chi connectivity index (χ0) is 26.2. The summed E-state index contributed by atoms with van der Waals surface area (Å²) < 4.78 is 36.6. The third-order valence-electron chi connectivity index (χ3n) is 7.12. The molecule has 37 heavy (non-hydrogen) atoms. The summed E-state index contributed by atoms with van der Waals surface area (Å²) in [7, 11) is 1.41. The van der Waals surface area contributed by atoms with Gasteiger partial charge in [-0.1, -0.05) is 41.9 Å². The van der Waals surface area contributed by atoms with Crippen molar-refractivity contribution in [3.05, 3.63) is 75.9 Å². The number of halogens is 3. The molecule has 1 aromatic heterocycles. The van der Waals surface area contributed by atoms with E-state index in [9.17, 15) is 4.79 Å². The molecule has 7 nitrogen and oxygen atoms in total. The number of rotatable bonds is 7. The van der Waals surface area contributed by atoms with Crippen molar-refractivity contribution in [2.45, 2.75) is 30.8 Å². The second kappa shape index (κ2) is 10.2. The van der Waals surface area contributed by atoms with Crippen LogP contribution in [0.3, 0.4) is 0 Å². The number of nitrogens with one attached hydrogen (secondary N) is 3. The fraction of sp³-hybridized carbons (Fsp3) is 0.333. The van der Waals surface area contributed by atoms with Gasteiger partial charge in [0.25, 0.3) is 11.8 Å². The van der Waals surface area contributed by atoms with Crippen molar-refractivity contribution in [1.29, 1.82) is 0 Å². The molecule has 0 spiro atoms. The lowest BCUT2D eigenvalue weighted by Crippen LogP contribution is -2.50. The second-order valence-electron chi connectivity index (χ2n) is 9.18. The van der Waals surface area contributed by atoms with Gasteiger partial charge in [-0.25, -0.2) is 13.8 Å². The molecule has 2 aliphatic heterocycles. The highest BCUT2D eigenvalue weighted by Gasteiger charge is 2.47. The van der Waals surface area contributed by atoms with Gasteiger partial charge in [0.05, 0.1) is 22.7 Å². The van der Waals surface area contributed by atoms with E-state index in [0.29, 0.717) is 17.7 Å². The molecular weight excluding hydrogens is 502 g/mol. The van der Waals surface area contributed by atoms with Crippen LogP contribution in [0.1, 0.15) is 34.3 Å². The van der Waals surface area contributed by atoms with Crippen molar-refractivity contribution in [3.63, 3.8) is 0 Å². The molecule has 2 aromatic carbocycles. The molecule has 0 saturated carbocycles. The highest BCUT2D eigenvalue weighted by atomic mass is 35.5. The summed E-state index contributed by atoms with van der Waals surface area (Å²) >= 11 is 6.54. The summed E-state index contributed by atoms with van der Waals surface area (Å²) in [5.41, 5.74) is 1.20. The maximum atomic E-state index is 16.0. The number of hydrogen-bond donors (Lipinski definition) is 4. The highest BCUT2D eigenvalue weighted by Crippen LogP contribution is 2.51. The lowest BCUT2D eigenvalue weighted by molar-refractivity contribution is 0.0962. The number of anilines is 1. The van der Waals surface area contributed by atoms with E-state index in [1.54, 1.807) is 0 Å². The lowest BCUT2D eigenvalue weighted by Gasteiger charge is -2.37. The highest BCUT2D eigenvalue weighted by molar-refractivity contribution is 6.34. The smallest absolute Gasteiger partial charge is 0.253 e. The minimum Gasteiger partial charge on any atom is -0.473 e. The van der Waals surface area contributed by atoms with E-state index in [1.165, 1.54) is 19.3 Å². The predicted octanol–water partition coefficient (Wildman–Crippen LogP) is 4.03. The number of nitrogens with zero attached hydrogens (tertiary/aromatic N) is 1. The van der Waals surface area contributed by atoms with E-state index < -0.39 is 29.0 Å². The number of amides is 1. The van der Waals surface area contributed by atoms with Gasteiger partial charge in [-0.3, -0.25) is 4.79 Å². The molecule has 0 radical (unpaired) electrons.